The summed E-state index contributed by atoms with van der Waals surface area (Å²) >= 11 is 0. The number of rotatable bonds is 4. The highest BCUT2D eigenvalue weighted by atomic mass is 19.4. The predicted octanol–water partition coefficient (Wildman–Crippen LogP) is 3.06. The van der Waals surface area contributed by atoms with Crippen molar-refractivity contribution in [2.24, 2.45) is 5.84 Å². The maximum Gasteiger partial charge on any atom is 0.573 e. The van der Waals surface area contributed by atoms with Crippen LogP contribution in [0.25, 0.3) is 0 Å². The van der Waals surface area contributed by atoms with Crippen molar-refractivity contribution in [2.45, 2.75) is 6.36 Å². The number of alkyl halides is 3. The zero-order chi connectivity index (χ0) is 14.6. The van der Waals surface area contributed by atoms with E-state index in [1.807, 2.05) is 0 Å². The molecule has 0 amide bonds. The molecule has 20 heavy (non-hydrogen) atoms. The van der Waals surface area contributed by atoms with Crippen LogP contribution in [0.5, 0.6) is 17.4 Å². The number of anilines is 1. The number of para-hydroxylation sites is 2. The second kappa shape index (κ2) is 5.66. The fourth-order valence-electron chi connectivity index (χ4n) is 1.41. The van der Waals surface area contributed by atoms with Gasteiger partial charge in [-0.3, -0.25) is 0 Å². The van der Waals surface area contributed by atoms with Crippen LogP contribution in [0, 0.1) is 0 Å². The van der Waals surface area contributed by atoms with E-state index in [0.717, 1.165) is 6.07 Å². The summed E-state index contributed by atoms with van der Waals surface area (Å²) in [7, 11) is 0. The summed E-state index contributed by atoms with van der Waals surface area (Å²) in [5.41, 5.74) is 2.30. The molecule has 0 fully saturated rings. The fraction of sp³-hybridized carbons (Fsp3) is 0.0833. The van der Waals surface area contributed by atoms with Crippen LogP contribution in [0.4, 0.5) is 19.0 Å². The van der Waals surface area contributed by atoms with Gasteiger partial charge in [0.1, 0.15) is 5.82 Å². The molecule has 3 N–H and O–H groups in total. The Kier molecular flexibility index (Phi) is 3.94. The number of ether oxygens (including phenoxy) is 2. The normalized spacial score (nSPS) is 11.0. The molecule has 8 heteroatoms. The number of hydrogen-bond acceptors (Lipinski definition) is 5. The molecule has 0 atom stereocenters. The highest BCUT2D eigenvalue weighted by Crippen LogP contribution is 2.34. The Bertz CT molecular complexity index is 590. The highest BCUT2D eigenvalue weighted by Gasteiger charge is 2.32. The first-order valence-corrected chi connectivity index (χ1v) is 5.44. The number of hydrazine groups is 1. The third-order valence-electron chi connectivity index (χ3n) is 2.16. The number of nitrogens with one attached hydrogen (secondary N) is 1. The second-order valence-electron chi connectivity index (χ2n) is 3.60. The van der Waals surface area contributed by atoms with Crippen molar-refractivity contribution in [3.05, 3.63) is 42.5 Å². The number of aromatic nitrogens is 1. The molecule has 0 unspecified atom stereocenters. The zero-order valence-electron chi connectivity index (χ0n) is 10.0. The van der Waals surface area contributed by atoms with E-state index in [1.165, 1.54) is 24.3 Å². The first-order valence-electron chi connectivity index (χ1n) is 5.44. The maximum atomic E-state index is 12.3. The van der Waals surface area contributed by atoms with Crippen molar-refractivity contribution >= 4 is 5.82 Å². The lowest BCUT2D eigenvalue weighted by atomic mass is 10.3. The Morgan fingerprint density at radius 1 is 1.00 bits per heavy atom. The number of nitrogens with two attached hydrogens (primary N) is 1. The van der Waals surface area contributed by atoms with Gasteiger partial charge in [-0.2, -0.15) is 4.98 Å². The molecular weight excluding hydrogens is 275 g/mol. The molecule has 1 aromatic heterocycles. The molecule has 2 rings (SSSR count). The molecule has 0 saturated carbocycles. The maximum absolute atomic E-state index is 12.3. The molecule has 0 spiro atoms. The van der Waals surface area contributed by atoms with Crippen LogP contribution in [-0.4, -0.2) is 11.3 Å². The van der Waals surface area contributed by atoms with Gasteiger partial charge in [-0.15, -0.1) is 13.2 Å². The molecule has 0 aliphatic carbocycles. The van der Waals surface area contributed by atoms with Crippen molar-refractivity contribution in [1.82, 2.24) is 4.98 Å². The predicted molar refractivity (Wildman–Crippen MR) is 65.2 cm³/mol. The quantitative estimate of drug-likeness (QED) is 0.667. The Labute approximate surface area is 112 Å². The van der Waals surface area contributed by atoms with Gasteiger partial charge in [-0.1, -0.05) is 18.2 Å². The van der Waals surface area contributed by atoms with Crippen molar-refractivity contribution in [3.63, 3.8) is 0 Å². The van der Waals surface area contributed by atoms with E-state index in [4.69, 9.17) is 10.6 Å². The van der Waals surface area contributed by atoms with Crippen LogP contribution in [0.15, 0.2) is 42.5 Å². The lowest BCUT2D eigenvalue weighted by Crippen LogP contribution is -2.17. The zero-order valence-corrected chi connectivity index (χ0v) is 10.0. The Morgan fingerprint density at radius 3 is 2.35 bits per heavy atom. The largest absolute Gasteiger partial charge is 0.573 e. The number of hydrogen-bond donors (Lipinski definition) is 2. The van der Waals surface area contributed by atoms with Crippen molar-refractivity contribution in [3.8, 4) is 17.4 Å². The van der Waals surface area contributed by atoms with Gasteiger partial charge in [0.15, 0.2) is 11.5 Å². The lowest BCUT2D eigenvalue weighted by molar-refractivity contribution is -0.275. The molecule has 0 aliphatic rings. The minimum atomic E-state index is -4.80. The van der Waals surface area contributed by atoms with E-state index in [9.17, 15) is 13.2 Å². The van der Waals surface area contributed by atoms with Crippen LogP contribution in [0.2, 0.25) is 0 Å². The van der Waals surface area contributed by atoms with E-state index in [-0.39, 0.29) is 11.6 Å². The molecule has 5 nitrogen and oxygen atoms in total. The van der Waals surface area contributed by atoms with Crippen molar-refractivity contribution in [2.75, 3.05) is 5.43 Å². The third-order valence-corrected chi connectivity index (χ3v) is 2.16. The Morgan fingerprint density at radius 2 is 1.70 bits per heavy atom. The molecule has 0 bridgehead atoms. The molecule has 1 heterocycles. The van der Waals surface area contributed by atoms with Crippen LogP contribution >= 0.6 is 0 Å². The molecule has 0 radical (unpaired) electrons. The van der Waals surface area contributed by atoms with Gasteiger partial charge in [0.2, 0.25) is 5.88 Å². The van der Waals surface area contributed by atoms with E-state index in [0.29, 0.717) is 5.82 Å². The van der Waals surface area contributed by atoms with Gasteiger partial charge < -0.3 is 14.9 Å². The summed E-state index contributed by atoms with van der Waals surface area (Å²) in [6.45, 7) is 0. The first-order chi connectivity index (χ1) is 9.48. The van der Waals surface area contributed by atoms with Crippen molar-refractivity contribution < 1.29 is 22.6 Å². The van der Waals surface area contributed by atoms with E-state index < -0.39 is 12.1 Å². The smallest absolute Gasteiger partial charge is 0.435 e. The topological polar surface area (TPSA) is 69.4 Å². The van der Waals surface area contributed by atoms with Crippen LogP contribution in [0.1, 0.15) is 0 Å². The van der Waals surface area contributed by atoms with Gasteiger partial charge in [-0.05, 0) is 18.2 Å². The van der Waals surface area contributed by atoms with Gasteiger partial charge >= 0.3 is 6.36 Å². The standard InChI is InChI=1S/C12H10F3N3O2/c13-12(14,15)20-9-5-2-1-4-8(9)19-11-7-3-6-10(17-11)18-16/h1-7H,16H2,(H,17,18). The number of pyridine rings is 1. The summed E-state index contributed by atoms with van der Waals surface area (Å²) in [6, 6.07) is 10.0. The Hall–Kier alpha value is -2.48. The average Bonchev–Trinajstić information content (AvgIpc) is 2.40. The van der Waals surface area contributed by atoms with Gasteiger partial charge in [-0.25, -0.2) is 5.84 Å². The van der Waals surface area contributed by atoms with Gasteiger partial charge in [0.25, 0.3) is 0 Å². The van der Waals surface area contributed by atoms with Crippen molar-refractivity contribution in [1.29, 1.82) is 0 Å². The van der Waals surface area contributed by atoms with E-state index in [2.05, 4.69) is 15.1 Å². The first kappa shape index (κ1) is 13.9. The highest BCUT2D eigenvalue weighted by molar-refractivity contribution is 5.43. The minimum Gasteiger partial charge on any atom is -0.435 e. The summed E-state index contributed by atoms with van der Waals surface area (Å²) in [6.07, 6.45) is -4.80. The summed E-state index contributed by atoms with van der Waals surface area (Å²) < 4.78 is 45.9. The van der Waals surface area contributed by atoms with Crippen LogP contribution < -0.4 is 20.7 Å². The summed E-state index contributed by atoms with van der Waals surface area (Å²) in [5, 5.41) is 0. The molecule has 0 saturated heterocycles. The number of nitrogen functional groups attached to an aromatic ring is 1. The molecule has 2 aromatic rings. The average molecular weight is 285 g/mol. The minimum absolute atomic E-state index is 0.0821. The molecule has 106 valence electrons. The number of benzene rings is 1. The molecule has 0 aliphatic heterocycles. The summed E-state index contributed by atoms with van der Waals surface area (Å²) in [5.74, 6) is 5.03. The lowest BCUT2D eigenvalue weighted by Gasteiger charge is -2.13. The van der Waals surface area contributed by atoms with E-state index in [1.54, 1.807) is 12.1 Å². The van der Waals surface area contributed by atoms with Gasteiger partial charge in [0.05, 0.1) is 0 Å². The van der Waals surface area contributed by atoms with Crippen LogP contribution in [0.3, 0.4) is 0 Å². The van der Waals surface area contributed by atoms with Crippen LogP contribution in [-0.2, 0) is 0 Å². The molecule has 1 aromatic carbocycles. The number of nitrogens with zero attached hydrogens (tertiary/aromatic N) is 1. The Balaban J connectivity index is 2.24. The second-order valence-corrected chi connectivity index (χ2v) is 3.60. The van der Waals surface area contributed by atoms with E-state index >= 15 is 0 Å². The fourth-order valence-corrected chi connectivity index (χ4v) is 1.41. The van der Waals surface area contributed by atoms with Gasteiger partial charge in [0, 0.05) is 6.07 Å². The SMILES string of the molecule is NNc1cccc(Oc2ccccc2OC(F)(F)F)n1. The summed E-state index contributed by atoms with van der Waals surface area (Å²) in [4.78, 5) is 3.93. The monoisotopic (exact) mass is 285 g/mol. The third kappa shape index (κ3) is 3.75. The number of halogens is 3. The molecular formula is C12H10F3N3O2.